The van der Waals surface area contributed by atoms with Gasteiger partial charge >= 0.3 is 0 Å². The van der Waals surface area contributed by atoms with Gasteiger partial charge in [0.2, 0.25) is 0 Å². The Bertz CT molecular complexity index is 324. The monoisotopic (exact) mass is 223 g/mol. The van der Waals surface area contributed by atoms with Gasteiger partial charge in [-0.25, -0.2) is 0 Å². The molecule has 0 fully saturated rings. The third kappa shape index (κ3) is 3.51. The fourth-order valence-electron chi connectivity index (χ4n) is 1.55. The molecule has 1 aromatic carbocycles. The smallest absolute Gasteiger partial charge is 0.123 e. The van der Waals surface area contributed by atoms with Crippen molar-refractivity contribution in [2.45, 2.75) is 26.3 Å². The summed E-state index contributed by atoms with van der Waals surface area (Å²) >= 11 is 0. The van der Waals surface area contributed by atoms with E-state index >= 15 is 0 Å². The van der Waals surface area contributed by atoms with Crippen molar-refractivity contribution in [2.75, 3.05) is 21.0 Å². The molecule has 3 heteroatoms. The van der Waals surface area contributed by atoms with Crippen molar-refractivity contribution in [3.63, 3.8) is 0 Å². The van der Waals surface area contributed by atoms with Gasteiger partial charge in [0, 0.05) is 19.2 Å². The van der Waals surface area contributed by atoms with Crippen LogP contribution < -0.4 is 10.1 Å². The van der Waals surface area contributed by atoms with Crippen molar-refractivity contribution in [3.8, 4) is 5.75 Å². The van der Waals surface area contributed by atoms with Gasteiger partial charge in [-0.15, -0.1) is 0 Å². The van der Waals surface area contributed by atoms with Gasteiger partial charge < -0.3 is 9.47 Å². The van der Waals surface area contributed by atoms with Crippen LogP contribution in [-0.2, 0) is 11.3 Å². The molecule has 0 amide bonds. The molecular formula is C13H21NO2. The molecule has 0 atom stereocenters. The molecule has 0 aliphatic rings. The zero-order chi connectivity index (χ0) is 12.0. The summed E-state index contributed by atoms with van der Waals surface area (Å²) in [7, 11) is 3.38. The third-order valence-electron chi connectivity index (χ3n) is 2.54. The van der Waals surface area contributed by atoms with Gasteiger partial charge in [0.15, 0.2) is 0 Å². The molecule has 0 spiro atoms. The fourth-order valence-corrected chi connectivity index (χ4v) is 1.55. The van der Waals surface area contributed by atoms with Crippen LogP contribution in [0.5, 0.6) is 5.75 Å². The Morgan fingerprint density at radius 3 is 2.56 bits per heavy atom. The Kier molecular flexibility index (Phi) is 5.29. The van der Waals surface area contributed by atoms with E-state index in [2.05, 4.69) is 37.4 Å². The van der Waals surface area contributed by atoms with E-state index < -0.39 is 0 Å². The van der Waals surface area contributed by atoms with Gasteiger partial charge in [0.05, 0.1) is 13.8 Å². The van der Waals surface area contributed by atoms with Gasteiger partial charge in [-0.1, -0.05) is 26.0 Å². The van der Waals surface area contributed by atoms with Crippen molar-refractivity contribution in [2.24, 2.45) is 0 Å². The second kappa shape index (κ2) is 6.51. The first-order chi connectivity index (χ1) is 7.69. The molecule has 0 aliphatic carbocycles. The zero-order valence-electron chi connectivity index (χ0n) is 10.5. The summed E-state index contributed by atoms with van der Waals surface area (Å²) in [5, 5.41) is 3.17. The van der Waals surface area contributed by atoms with Crippen LogP contribution in [0.2, 0.25) is 0 Å². The van der Waals surface area contributed by atoms with Crippen LogP contribution >= 0.6 is 0 Å². The van der Waals surface area contributed by atoms with Crippen molar-refractivity contribution in [1.82, 2.24) is 5.32 Å². The second-order valence-electron chi connectivity index (χ2n) is 4.09. The number of methoxy groups -OCH3 is 2. The molecule has 0 aliphatic heterocycles. The first-order valence-corrected chi connectivity index (χ1v) is 5.55. The molecule has 0 radical (unpaired) electrons. The highest BCUT2D eigenvalue weighted by Gasteiger charge is 2.06. The Morgan fingerprint density at radius 2 is 2.00 bits per heavy atom. The fraction of sp³-hybridized carbons (Fsp3) is 0.538. The quantitative estimate of drug-likeness (QED) is 0.594. The molecule has 0 unspecified atom stereocenters. The number of hydrogen-bond acceptors (Lipinski definition) is 3. The number of hydrogen-bond donors (Lipinski definition) is 1. The maximum atomic E-state index is 5.39. The Labute approximate surface area is 97.8 Å². The van der Waals surface area contributed by atoms with Crippen molar-refractivity contribution in [3.05, 3.63) is 29.3 Å². The number of ether oxygens (including phenoxy) is 2. The molecule has 16 heavy (non-hydrogen) atoms. The molecule has 0 saturated heterocycles. The summed E-state index contributed by atoms with van der Waals surface area (Å²) in [4.78, 5) is 0. The van der Waals surface area contributed by atoms with E-state index in [4.69, 9.17) is 9.47 Å². The summed E-state index contributed by atoms with van der Waals surface area (Å²) in [6.07, 6.45) is 0. The van der Waals surface area contributed by atoms with Crippen LogP contribution in [0.25, 0.3) is 0 Å². The maximum Gasteiger partial charge on any atom is 0.123 e. The number of rotatable bonds is 6. The SMILES string of the molecule is COCNCc1ccc(C(C)C)cc1OC. The molecule has 3 nitrogen and oxygen atoms in total. The molecule has 1 rings (SSSR count). The number of benzene rings is 1. The molecule has 1 aromatic rings. The molecule has 0 aromatic heterocycles. The summed E-state index contributed by atoms with van der Waals surface area (Å²) in [6.45, 7) is 5.67. The first-order valence-electron chi connectivity index (χ1n) is 5.55. The third-order valence-corrected chi connectivity index (χ3v) is 2.54. The van der Waals surface area contributed by atoms with E-state index in [0.29, 0.717) is 12.6 Å². The summed E-state index contributed by atoms with van der Waals surface area (Å²) < 4.78 is 10.3. The average Bonchev–Trinajstić information content (AvgIpc) is 2.29. The predicted molar refractivity (Wildman–Crippen MR) is 65.8 cm³/mol. The van der Waals surface area contributed by atoms with Crippen molar-refractivity contribution < 1.29 is 9.47 Å². The molecular weight excluding hydrogens is 202 g/mol. The molecule has 0 heterocycles. The van der Waals surface area contributed by atoms with Crippen LogP contribution in [0.3, 0.4) is 0 Å². The van der Waals surface area contributed by atoms with Gasteiger partial charge in [-0.05, 0) is 17.5 Å². The Balaban J connectivity index is 2.76. The Hall–Kier alpha value is -1.06. The molecule has 0 bridgehead atoms. The van der Waals surface area contributed by atoms with E-state index in [0.717, 1.165) is 17.9 Å². The highest BCUT2D eigenvalue weighted by molar-refractivity contribution is 5.38. The zero-order valence-corrected chi connectivity index (χ0v) is 10.5. The molecule has 1 N–H and O–H groups in total. The van der Waals surface area contributed by atoms with E-state index in [1.807, 2.05) is 0 Å². The van der Waals surface area contributed by atoms with Crippen molar-refractivity contribution in [1.29, 1.82) is 0 Å². The lowest BCUT2D eigenvalue weighted by Gasteiger charge is -2.13. The highest BCUT2D eigenvalue weighted by Crippen LogP contribution is 2.24. The van der Waals surface area contributed by atoms with Crippen LogP contribution in [-0.4, -0.2) is 21.0 Å². The van der Waals surface area contributed by atoms with E-state index in [1.54, 1.807) is 14.2 Å². The topological polar surface area (TPSA) is 30.5 Å². The standard InChI is InChI=1S/C13H21NO2/c1-10(2)11-5-6-12(8-14-9-15-3)13(7-11)16-4/h5-7,10,14H,8-9H2,1-4H3. The van der Waals surface area contributed by atoms with E-state index in [9.17, 15) is 0 Å². The molecule has 0 saturated carbocycles. The van der Waals surface area contributed by atoms with Crippen LogP contribution in [0.4, 0.5) is 0 Å². The van der Waals surface area contributed by atoms with Crippen LogP contribution in [0, 0.1) is 0 Å². The van der Waals surface area contributed by atoms with Gasteiger partial charge in [0.1, 0.15) is 5.75 Å². The lowest BCUT2D eigenvalue weighted by Crippen LogP contribution is -2.16. The van der Waals surface area contributed by atoms with Gasteiger partial charge in [0.25, 0.3) is 0 Å². The molecule has 90 valence electrons. The first kappa shape index (κ1) is 13.0. The van der Waals surface area contributed by atoms with Gasteiger partial charge in [-0.2, -0.15) is 0 Å². The summed E-state index contributed by atoms with van der Waals surface area (Å²) in [6, 6.07) is 6.36. The average molecular weight is 223 g/mol. The lowest BCUT2D eigenvalue weighted by molar-refractivity contribution is 0.174. The van der Waals surface area contributed by atoms with E-state index in [-0.39, 0.29) is 0 Å². The minimum atomic E-state index is 0.523. The van der Waals surface area contributed by atoms with Crippen molar-refractivity contribution >= 4 is 0 Å². The minimum absolute atomic E-state index is 0.523. The maximum absolute atomic E-state index is 5.39. The summed E-state index contributed by atoms with van der Waals surface area (Å²) in [5.41, 5.74) is 2.45. The summed E-state index contributed by atoms with van der Waals surface area (Å²) in [5.74, 6) is 1.46. The second-order valence-corrected chi connectivity index (χ2v) is 4.09. The normalized spacial score (nSPS) is 10.8. The number of nitrogens with one attached hydrogen (secondary N) is 1. The van der Waals surface area contributed by atoms with Crippen LogP contribution in [0.1, 0.15) is 30.9 Å². The largest absolute Gasteiger partial charge is 0.496 e. The van der Waals surface area contributed by atoms with Gasteiger partial charge in [-0.3, -0.25) is 5.32 Å². The van der Waals surface area contributed by atoms with Crippen LogP contribution in [0.15, 0.2) is 18.2 Å². The highest BCUT2D eigenvalue weighted by atomic mass is 16.5. The predicted octanol–water partition coefficient (Wildman–Crippen LogP) is 2.51. The Morgan fingerprint density at radius 1 is 1.25 bits per heavy atom. The minimum Gasteiger partial charge on any atom is -0.496 e. The van der Waals surface area contributed by atoms with E-state index in [1.165, 1.54) is 5.56 Å². The lowest BCUT2D eigenvalue weighted by atomic mass is 10.0.